The first-order chi connectivity index (χ1) is 9.21. The van der Waals surface area contributed by atoms with Gasteiger partial charge in [-0.15, -0.1) is 0 Å². The van der Waals surface area contributed by atoms with Gasteiger partial charge in [0.15, 0.2) is 0 Å². The number of aliphatic hydroxyl groups is 1. The minimum atomic E-state index is -0.175. The van der Waals surface area contributed by atoms with E-state index in [2.05, 4.69) is 5.32 Å². The second kappa shape index (κ2) is 8.63. The van der Waals surface area contributed by atoms with E-state index in [-0.39, 0.29) is 18.6 Å². The lowest BCUT2D eigenvalue weighted by Gasteiger charge is -2.16. The maximum Gasteiger partial charge on any atom is 0.251 e. The van der Waals surface area contributed by atoms with Crippen LogP contribution in [0.2, 0.25) is 0 Å². The summed E-state index contributed by atoms with van der Waals surface area (Å²) >= 11 is 0. The molecule has 0 bridgehead atoms. The summed E-state index contributed by atoms with van der Waals surface area (Å²) in [5.74, 6) is -0.158. The number of carbonyl (C=O) groups excluding carboxylic acids is 1. The standard InChI is InChI=1S/C14H22N2O3/c1-19-10-13(7-9-17)16-14(18)12-4-2-11(3-5-12)6-8-15/h2-5,13,17H,6-10,15H2,1H3,(H,16,18). The third-order valence-corrected chi connectivity index (χ3v) is 2.83. The monoisotopic (exact) mass is 266 g/mol. The molecule has 5 heteroatoms. The Kier molecular flexibility index (Phi) is 7.10. The zero-order chi connectivity index (χ0) is 14.1. The fraction of sp³-hybridized carbons (Fsp3) is 0.500. The lowest BCUT2D eigenvalue weighted by molar-refractivity contribution is 0.0878. The van der Waals surface area contributed by atoms with Crippen LogP contribution in [0.5, 0.6) is 0 Å². The first-order valence-corrected chi connectivity index (χ1v) is 6.41. The Hall–Kier alpha value is -1.43. The number of nitrogens with two attached hydrogens (primary N) is 1. The van der Waals surface area contributed by atoms with Crippen molar-refractivity contribution in [2.24, 2.45) is 5.73 Å². The number of carbonyl (C=O) groups is 1. The summed E-state index contributed by atoms with van der Waals surface area (Å²) in [6.07, 6.45) is 1.28. The molecule has 0 aliphatic rings. The van der Waals surface area contributed by atoms with Crippen LogP contribution in [-0.2, 0) is 11.2 Å². The van der Waals surface area contributed by atoms with E-state index in [1.807, 2.05) is 12.1 Å². The van der Waals surface area contributed by atoms with Gasteiger partial charge in [0.25, 0.3) is 5.91 Å². The van der Waals surface area contributed by atoms with Crippen LogP contribution in [0.4, 0.5) is 0 Å². The quantitative estimate of drug-likeness (QED) is 0.632. The van der Waals surface area contributed by atoms with Crippen molar-refractivity contribution >= 4 is 5.91 Å². The molecule has 0 aliphatic heterocycles. The summed E-state index contributed by atoms with van der Waals surface area (Å²) in [5.41, 5.74) is 7.18. The summed E-state index contributed by atoms with van der Waals surface area (Å²) in [6, 6.07) is 7.19. The van der Waals surface area contributed by atoms with Crippen LogP contribution >= 0.6 is 0 Å². The Balaban J connectivity index is 2.60. The highest BCUT2D eigenvalue weighted by atomic mass is 16.5. The molecule has 1 aromatic rings. The van der Waals surface area contributed by atoms with Crippen molar-refractivity contribution in [3.8, 4) is 0 Å². The van der Waals surface area contributed by atoms with E-state index in [1.54, 1.807) is 19.2 Å². The molecule has 1 rings (SSSR count). The van der Waals surface area contributed by atoms with Crippen LogP contribution in [0.25, 0.3) is 0 Å². The van der Waals surface area contributed by atoms with Crippen LogP contribution in [0, 0.1) is 0 Å². The van der Waals surface area contributed by atoms with Gasteiger partial charge in [0, 0.05) is 19.3 Å². The summed E-state index contributed by atoms with van der Waals surface area (Å²) < 4.78 is 5.00. The average Bonchev–Trinajstić information content (AvgIpc) is 2.40. The van der Waals surface area contributed by atoms with E-state index in [4.69, 9.17) is 15.6 Å². The van der Waals surface area contributed by atoms with E-state index in [9.17, 15) is 4.79 Å². The largest absolute Gasteiger partial charge is 0.396 e. The number of aliphatic hydroxyl groups excluding tert-OH is 1. The molecule has 0 fully saturated rings. The van der Waals surface area contributed by atoms with Gasteiger partial charge in [0.2, 0.25) is 0 Å². The summed E-state index contributed by atoms with van der Waals surface area (Å²) in [6.45, 7) is 0.999. The van der Waals surface area contributed by atoms with Crippen molar-refractivity contribution in [1.82, 2.24) is 5.32 Å². The smallest absolute Gasteiger partial charge is 0.251 e. The molecule has 0 aromatic heterocycles. The Labute approximate surface area is 113 Å². The Morgan fingerprint density at radius 1 is 1.42 bits per heavy atom. The highest BCUT2D eigenvalue weighted by Gasteiger charge is 2.13. The molecule has 106 valence electrons. The average molecular weight is 266 g/mol. The van der Waals surface area contributed by atoms with E-state index in [0.717, 1.165) is 12.0 Å². The zero-order valence-corrected chi connectivity index (χ0v) is 11.3. The van der Waals surface area contributed by atoms with Crippen molar-refractivity contribution in [1.29, 1.82) is 0 Å². The molecule has 0 radical (unpaired) electrons. The number of hydrogen-bond donors (Lipinski definition) is 3. The van der Waals surface area contributed by atoms with Crippen molar-refractivity contribution in [2.75, 3.05) is 26.9 Å². The number of hydrogen-bond acceptors (Lipinski definition) is 4. The van der Waals surface area contributed by atoms with Crippen molar-refractivity contribution in [3.63, 3.8) is 0 Å². The summed E-state index contributed by atoms with van der Waals surface area (Å²) in [7, 11) is 1.57. The molecule has 4 N–H and O–H groups in total. The fourth-order valence-electron chi connectivity index (χ4n) is 1.81. The van der Waals surface area contributed by atoms with E-state index >= 15 is 0 Å². The van der Waals surface area contributed by atoms with Gasteiger partial charge in [-0.3, -0.25) is 4.79 Å². The molecule has 0 saturated carbocycles. The SMILES string of the molecule is COCC(CCO)NC(=O)c1ccc(CCN)cc1. The molecule has 0 heterocycles. The lowest BCUT2D eigenvalue weighted by atomic mass is 10.1. The Morgan fingerprint density at radius 2 is 2.11 bits per heavy atom. The van der Waals surface area contributed by atoms with Crippen molar-refractivity contribution in [3.05, 3.63) is 35.4 Å². The second-order valence-corrected chi connectivity index (χ2v) is 4.37. The van der Waals surface area contributed by atoms with E-state index in [0.29, 0.717) is 25.1 Å². The molecular formula is C14H22N2O3. The second-order valence-electron chi connectivity index (χ2n) is 4.37. The summed E-state index contributed by atoms with van der Waals surface area (Å²) in [4.78, 5) is 12.0. The molecule has 19 heavy (non-hydrogen) atoms. The first-order valence-electron chi connectivity index (χ1n) is 6.41. The van der Waals surface area contributed by atoms with Gasteiger partial charge >= 0.3 is 0 Å². The predicted octanol–water partition coefficient (Wildman–Crippen LogP) is 0.315. The molecular weight excluding hydrogens is 244 g/mol. The highest BCUT2D eigenvalue weighted by molar-refractivity contribution is 5.94. The number of amides is 1. The van der Waals surface area contributed by atoms with Crippen LogP contribution in [0.15, 0.2) is 24.3 Å². The minimum absolute atomic E-state index is 0.0176. The Bertz CT molecular complexity index is 373. The molecule has 5 nitrogen and oxygen atoms in total. The number of methoxy groups -OCH3 is 1. The zero-order valence-electron chi connectivity index (χ0n) is 11.3. The molecule has 0 spiro atoms. The molecule has 1 aromatic carbocycles. The number of rotatable bonds is 8. The lowest BCUT2D eigenvalue weighted by Crippen LogP contribution is -2.38. The van der Waals surface area contributed by atoms with E-state index in [1.165, 1.54) is 0 Å². The van der Waals surface area contributed by atoms with Gasteiger partial charge in [-0.2, -0.15) is 0 Å². The molecule has 1 amide bonds. The molecule has 1 atom stereocenters. The maximum absolute atomic E-state index is 12.0. The number of ether oxygens (including phenoxy) is 1. The first kappa shape index (κ1) is 15.6. The minimum Gasteiger partial charge on any atom is -0.396 e. The number of benzene rings is 1. The summed E-state index contributed by atoms with van der Waals surface area (Å²) in [5, 5.41) is 11.8. The van der Waals surface area contributed by atoms with Crippen molar-refractivity contribution < 1.29 is 14.6 Å². The van der Waals surface area contributed by atoms with Gasteiger partial charge in [0.05, 0.1) is 12.6 Å². The molecule has 0 saturated heterocycles. The van der Waals surface area contributed by atoms with Gasteiger partial charge < -0.3 is 20.9 Å². The van der Waals surface area contributed by atoms with Gasteiger partial charge in [0.1, 0.15) is 0 Å². The Morgan fingerprint density at radius 3 is 2.63 bits per heavy atom. The van der Waals surface area contributed by atoms with Crippen LogP contribution < -0.4 is 11.1 Å². The fourth-order valence-corrected chi connectivity index (χ4v) is 1.81. The highest BCUT2D eigenvalue weighted by Crippen LogP contribution is 2.05. The third-order valence-electron chi connectivity index (χ3n) is 2.83. The topological polar surface area (TPSA) is 84.6 Å². The normalized spacial score (nSPS) is 12.2. The van der Waals surface area contributed by atoms with Crippen LogP contribution in [0.3, 0.4) is 0 Å². The van der Waals surface area contributed by atoms with Gasteiger partial charge in [-0.05, 0) is 37.1 Å². The van der Waals surface area contributed by atoms with Crippen molar-refractivity contribution in [2.45, 2.75) is 18.9 Å². The van der Waals surface area contributed by atoms with Gasteiger partial charge in [-0.1, -0.05) is 12.1 Å². The van der Waals surface area contributed by atoms with Crippen LogP contribution in [-0.4, -0.2) is 43.9 Å². The van der Waals surface area contributed by atoms with Crippen LogP contribution in [0.1, 0.15) is 22.3 Å². The van der Waals surface area contributed by atoms with Gasteiger partial charge in [-0.25, -0.2) is 0 Å². The third kappa shape index (κ3) is 5.38. The maximum atomic E-state index is 12.0. The number of nitrogens with one attached hydrogen (secondary N) is 1. The predicted molar refractivity (Wildman–Crippen MR) is 74.0 cm³/mol. The van der Waals surface area contributed by atoms with E-state index < -0.39 is 0 Å². The molecule has 1 unspecified atom stereocenters. The molecule has 0 aliphatic carbocycles.